The molecule has 1 atom stereocenters. The lowest BCUT2D eigenvalue weighted by Gasteiger charge is -2.35. The molecule has 1 saturated heterocycles. The lowest BCUT2D eigenvalue weighted by Crippen LogP contribution is -2.58. The first kappa shape index (κ1) is 25.1. The third-order valence-corrected chi connectivity index (χ3v) is 5.13. The number of carbonyl (C=O) groups is 4. The van der Waals surface area contributed by atoms with Gasteiger partial charge in [0, 0.05) is 32.1 Å². The Morgan fingerprint density at radius 3 is 2.63 bits per heavy atom. The number of nitrogens with zero attached hydrogens (tertiary/aromatic N) is 2. The van der Waals surface area contributed by atoms with Gasteiger partial charge in [0.15, 0.2) is 0 Å². The predicted octanol–water partition coefficient (Wildman–Crippen LogP) is 1.53. The van der Waals surface area contributed by atoms with E-state index in [0.717, 1.165) is 5.56 Å². The summed E-state index contributed by atoms with van der Waals surface area (Å²) in [6.07, 6.45) is 0.905. The van der Waals surface area contributed by atoms with Crippen LogP contribution in [0, 0.1) is 10.1 Å². The minimum atomic E-state index is -1.15. The van der Waals surface area contributed by atoms with Crippen molar-refractivity contribution in [1.82, 2.24) is 15.5 Å². The summed E-state index contributed by atoms with van der Waals surface area (Å²) in [6, 6.07) is 13.4. The Kier molecular flexibility index (Phi) is 8.28. The largest absolute Gasteiger partial charge is 0.461 e. The number of nitrogens with one attached hydrogen (secondary N) is 2. The Morgan fingerprint density at radius 2 is 1.94 bits per heavy atom. The molecule has 2 aromatic carbocycles. The minimum Gasteiger partial charge on any atom is -0.461 e. The number of amides is 3. The molecule has 0 bridgehead atoms. The fourth-order valence-corrected chi connectivity index (χ4v) is 3.51. The molecule has 0 aliphatic carbocycles. The molecule has 0 aromatic heterocycles. The topological polar surface area (TPSA) is 148 Å². The van der Waals surface area contributed by atoms with Crippen LogP contribution in [0.4, 0.5) is 5.69 Å². The van der Waals surface area contributed by atoms with Gasteiger partial charge in [0.05, 0.1) is 11.3 Å². The highest BCUT2D eigenvalue weighted by atomic mass is 16.6. The van der Waals surface area contributed by atoms with Crippen LogP contribution in [-0.4, -0.2) is 52.6 Å². The van der Waals surface area contributed by atoms with Crippen molar-refractivity contribution in [2.75, 3.05) is 13.1 Å². The van der Waals surface area contributed by atoms with Gasteiger partial charge in [0.2, 0.25) is 11.8 Å². The molecule has 182 valence electrons. The maximum atomic E-state index is 13.4. The number of carbonyl (C=O) groups excluding carboxylic acids is 4. The third-order valence-electron chi connectivity index (χ3n) is 5.13. The van der Waals surface area contributed by atoms with E-state index >= 15 is 0 Å². The second-order valence-corrected chi connectivity index (χ2v) is 7.75. The van der Waals surface area contributed by atoms with Crippen LogP contribution >= 0.6 is 0 Å². The zero-order valence-corrected chi connectivity index (χ0v) is 18.9. The van der Waals surface area contributed by atoms with Gasteiger partial charge in [-0.3, -0.25) is 29.3 Å². The van der Waals surface area contributed by atoms with Crippen molar-refractivity contribution in [2.45, 2.75) is 26.0 Å². The van der Waals surface area contributed by atoms with E-state index < -0.39 is 34.7 Å². The van der Waals surface area contributed by atoms with E-state index in [1.165, 1.54) is 42.2 Å². The van der Waals surface area contributed by atoms with E-state index in [1.54, 1.807) is 24.3 Å². The van der Waals surface area contributed by atoms with Crippen LogP contribution in [0.1, 0.15) is 24.5 Å². The number of hydrogen-bond donors (Lipinski definition) is 2. The van der Waals surface area contributed by atoms with E-state index in [-0.39, 0.29) is 37.5 Å². The van der Waals surface area contributed by atoms with Crippen molar-refractivity contribution in [3.63, 3.8) is 0 Å². The molecule has 1 fully saturated rings. The van der Waals surface area contributed by atoms with Crippen LogP contribution in [0.15, 0.2) is 60.3 Å². The van der Waals surface area contributed by atoms with Crippen molar-refractivity contribution in [3.8, 4) is 0 Å². The average Bonchev–Trinajstić information content (AvgIpc) is 2.83. The number of benzene rings is 2. The Hall–Kier alpha value is -4.54. The molecule has 0 spiro atoms. The fourth-order valence-electron chi connectivity index (χ4n) is 3.51. The van der Waals surface area contributed by atoms with Crippen molar-refractivity contribution in [1.29, 1.82) is 0 Å². The molecule has 3 amide bonds. The van der Waals surface area contributed by atoms with Crippen molar-refractivity contribution < 1.29 is 28.8 Å². The predicted molar refractivity (Wildman–Crippen MR) is 124 cm³/mol. The molecule has 2 aromatic rings. The third kappa shape index (κ3) is 6.97. The van der Waals surface area contributed by atoms with Gasteiger partial charge in [0.25, 0.3) is 11.6 Å². The molecule has 1 heterocycles. The molecule has 3 rings (SSSR count). The monoisotopic (exact) mass is 480 g/mol. The van der Waals surface area contributed by atoms with Crippen molar-refractivity contribution in [2.24, 2.45) is 0 Å². The van der Waals surface area contributed by atoms with Gasteiger partial charge >= 0.3 is 5.97 Å². The Bertz CT molecular complexity index is 1160. The molecule has 11 heteroatoms. The van der Waals surface area contributed by atoms with E-state index in [0.29, 0.717) is 5.56 Å². The molecular formula is C24H24N4O7. The molecule has 1 aliphatic rings. The highest BCUT2D eigenvalue weighted by Gasteiger charge is 2.36. The number of piperazine rings is 1. The van der Waals surface area contributed by atoms with Gasteiger partial charge in [-0.1, -0.05) is 42.5 Å². The number of hydrogen-bond acceptors (Lipinski definition) is 7. The van der Waals surface area contributed by atoms with Crippen LogP contribution in [0.3, 0.4) is 0 Å². The zero-order chi connectivity index (χ0) is 25.4. The van der Waals surface area contributed by atoms with E-state index in [1.807, 2.05) is 6.07 Å². The summed E-state index contributed by atoms with van der Waals surface area (Å²) in [7, 11) is 0. The maximum absolute atomic E-state index is 13.4. The van der Waals surface area contributed by atoms with E-state index in [2.05, 4.69) is 10.6 Å². The Morgan fingerprint density at radius 1 is 1.20 bits per heavy atom. The lowest BCUT2D eigenvalue weighted by atomic mass is 10.1. The Labute approximate surface area is 200 Å². The summed E-state index contributed by atoms with van der Waals surface area (Å²) in [5, 5.41) is 16.1. The number of nitro benzene ring substituents is 1. The minimum absolute atomic E-state index is 0.0196. The van der Waals surface area contributed by atoms with Crippen LogP contribution in [0.5, 0.6) is 0 Å². The lowest BCUT2D eigenvalue weighted by molar-refractivity contribution is -0.384. The Balaban J connectivity index is 1.80. The highest BCUT2D eigenvalue weighted by molar-refractivity contribution is 6.03. The molecule has 2 N–H and O–H groups in total. The van der Waals surface area contributed by atoms with Crippen LogP contribution < -0.4 is 10.6 Å². The first-order valence-electron chi connectivity index (χ1n) is 10.8. The number of rotatable bonds is 8. The molecule has 1 aliphatic heterocycles. The number of nitro groups is 1. The van der Waals surface area contributed by atoms with Crippen molar-refractivity contribution in [3.05, 3.63) is 81.5 Å². The second-order valence-electron chi connectivity index (χ2n) is 7.75. The normalized spacial score (nSPS) is 15.7. The standard InChI is InChI=1S/C24H24N4O7/c1-16(29)26-20(13-18-8-5-9-19(12-18)28(33)34)24(32)27-11-10-25-23(31)21(27)14-22(30)35-15-17-6-3-2-4-7-17/h2-9,12-13,21H,10-11,14-15H2,1H3,(H,25,31)(H,26,29)/b20-13-. The first-order valence-corrected chi connectivity index (χ1v) is 10.8. The smallest absolute Gasteiger partial charge is 0.308 e. The summed E-state index contributed by atoms with van der Waals surface area (Å²) in [5.74, 6) is -2.45. The summed E-state index contributed by atoms with van der Waals surface area (Å²) in [6.45, 7) is 1.47. The quantitative estimate of drug-likeness (QED) is 0.252. The van der Waals surface area contributed by atoms with Crippen LogP contribution in [-0.2, 0) is 30.5 Å². The van der Waals surface area contributed by atoms with Gasteiger partial charge in [-0.05, 0) is 17.2 Å². The van der Waals surface area contributed by atoms with Gasteiger partial charge in [-0.25, -0.2) is 0 Å². The highest BCUT2D eigenvalue weighted by Crippen LogP contribution is 2.18. The maximum Gasteiger partial charge on any atom is 0.308 e. The zero-order valence-electron chi connectivity index (χ0n) is 18.9. The number of esters is 1. The molecular weight excluding hydrogens is 456 g/mol. The summed E-state index contributed by atoms with van der Waals surface area (Å²) < 4.78 is 5.26. The molecule has 1 unspecified atom stereocenters. The SMILES string of the molecule is CC(=O)N/C(=C\c1cccc([N+](=O)[O-])c1)C(=O)N1CCNC(=O)C1CC(=O)OCc1ccccc1. The number of non-ortho nitro benzene ring substituents is 1. The molecule has 0 saturated carbocycles. The molecule has 35 heavy (non-hydrogen) atoms. The van der Waals surface area contributed by atoms with Gasteiger partial charge in [0.1, 0.15) is 18.3 Å². The fraction of sp³-hybridized carbons (Fsp3) is 0.250. The second kappa shape index (κ2) is 11.5. The van der Waals surface area contributed by atoms with Gasteiger partial charge in [-0.2, -0.15) is 0 Å². The average molecular weight is 480 g/mol. The van der Waals surface area contributed by atoms with Gasteiger partial charge in [-0.15, -0.1) is 0 Å². The molecule has 0 radical (unpaired) electrons. The van der Waals surface area contributed by atoms with Gasteiger partial charge < -0.3 is 20.3 Å². The van der Waals surface area contributed by atoms with E-state index in [9.17, 15) is 29.3 Å². The summed E-state index contributed by atoms with van der Waals surface area (Å²) in [5.41, 5.74) is 0.700. The van der Waals surface area contributed by atoms with E-state index in [4.69, 9.17) is 4.74 Å². The molecule has 11 nitrogen and oxygen atoms in total. The first-order chi connectivity index (χ1) is 16.7. The number of ether oxygens (including phenoxy) is 1. The summed E-state index contributed by atoms with van der Waals surface area (Å²) >= 11 is 0. The summed E-state index contributed by atoms with van der Waals surface area (Å²) in [4.78, 5) is 61.8. The van der Waals surface area contributed by atoms with Crippen molar-refractivity contribution >= 4 is 35.5 Å². The van der Waals surface area contributed by atoms with Crippen LogP contribution in [0.25, 0.3) is 6.08 Å². The van der Waals surface area contributed by atoms with Crippen LogP contribution in [0.2, 0.25) is 0 Å².